The Morgan fingerprint density at radius 2 is 2.00 bits per heavy atom. The molecule has 0 bridgehead atoms. The molecule has 1 aromatic heterocycles. The van der Waals surface area contributed by atoms with Gasteiger partial charge in [-0.15, -0.1) is 0 Å². The molecule has 1 aromatic carbocycles. The SMILES string of the molecule is CC(=O)Nc1c2c(nn1-c1ccc(C)cc1)C[S@@](=O)C2. The van der Waals surface area contributed by atoms with Gasteiger partial charge in [0.25, 0.3) is 0 Å². The second kappa shape index (κ2) is 4.86. The Morgan fingerprint density at radius 1 is 1.30 bits per heavy atom. The number of hydrogen-bond donors (Lipinski definition) is 1. The summed E-state index contributed by atoms with van der Waals surface area (Å²) >= 11 is 0. The fourth-order valence-corrected chi connectivity index (χ4v) is 3.56. The highest BCUT2D eigenvalue weighted by atomic mass is 32.2. The van der Waals surface area contributed by atoms with E-state index in [0.29, 0.717) is 17.3 Å². The molecule has 20 heavy (non-hydrogen) atoms. The quantitative estimate of drug-likeness (QED) is 0.918. The summed E-state index contributed by atoms with van der Waals surface area (Å²) in [5, 5.41) is 7.32. The molecule has 1 amide bonds. The molecule has 2 aromatic rings. The molecule has 0 radical (unpaired) electrons. The van der Waals surface area contributed by atoms with Gasteiger partial charge in [-0.2, -0.15) is 5.10 Å². The molecule has 104 valence electrons. The molecule has 0 saturated carbocycles. The number of rotatable bonds is 2. The predicted octanol–water partition coefficient (Wildman–Crippen LogP) is 1.90. The molecule has 3 rings (SSSR count). The number of amides is 1. The van der Waals surface area contributed by atoms with Crippen molar-refractivity contribution in [1.29, 1.82) is 0 Å². The molecular weight excluding hydrogens is 274 g/mol. The van der Waals surface area contributed by atoms with Crippen LogP contribution in [0.1, 0.15) is 23.7 Å². The minimum atomic E-state index is -0.909. The number of nitrogens with one attached hydrogen (secondary N) is 1. The van der Waals surface area contributed by atoms with Gasteiger partial charge >= 0.3 is 0 Å². The molecule has 5 nitrogen and oxygen atoms in total. The van der Waals surface area contributed by atoms with Crippen LogP contribution in [0.15, 0.2) is 24.3 Å². The smallest absolute Gasteiger partial charge is 0.222 e. The van der Waals surface area contributed by atoms with Gasteiger partial charge < -0.3 is 5.32 Å². The lowest BCUT2D eigenvalue weighted by Crippen LogP contribution is -2.13. The lowest BCUT2D eigenvalue weighted by Gasteiger charge is -2.09. The second-order valence-electron chi connectivity index (χ2n) is 4.93. The van der Waals surface area contributed by atoms with Crippen molar-refractivity contribution in [3.8, 4) is 5.69 Å². The van der Waals surface area contributed by atoms with Crippen LogP contribution in [0, 0.1) is 6.92 Å². The number of fused-ring (bicyclic) bond motifs is 1. The van der Waals surface area contributed by atoms with Gasteiger partial charge in [-0.3, -0.25) is 9.00 Å². The van der Waals surface area contributed by atoms with E-state index in [1.807, 2.05) is 31.2 Å². The molecule has 0 aliphatic carbocycles. The maximum Gasteiger partial charge on any atom is 0.222 e. The van der Waals surface area contributed by atoms with Gasteiger partial charge in [0, 0.05) is 23.3 Å². The van der Waals surface area contributed by atoms with Crippen molar-refractivity contribution in [3.05, 3.63) is 41.1 Å². The fourth-order valence-electron chi connectivity index (χ4n) is 2.30. The summed E-state index contributed by atoms with van der Waals surface area (Å²) in [7, 11) is -0.909. The van der Waals surface area contributed by atoms with E-state index in [0.717, 1.165) is 22.5 Å². The zero-order valence-corrected chi connectivity index (χ0v) is 12.2. The third-order valence-corrected chi connectivity index (χ3v) is 4.45. The van der Waals surface area contributed by atoms with Crippen molar-refractivity contribution in [1.82, 2.24) is 9.78 Å². The molecule has 0 saturated heterocycles. The number of anilines is 1. The number of aryl methyl sites for hydroxylation is 1. The van der Waals surface area contributed by atoms with Crippen molar-refractivity contribution in [2.45, 2.75) is 25.4 Å². The second-order valence-corrected chi connectivity index (χ2v) is 6.39. The maximum atomic E-state index is 11.6. The summed E-state index contributed by atoms with van der Waals surface area (Å²) in [4.78, 5) is 11.4. The standard InChI is InChI=1S/C14H15N3O2S/c1-9-3-5-11(6-4-9)17-14(15-10(2)18)12-7-20(19)8-13(12)16-17/h3-6H,7-8H2,1-2H3,(H,15,18)/t20-/m0/s1. The van der Waals surface area contributed by atoms with E-state index in [4.69, 9.17) is 0 Å². The largest absolute Gasteiger partial charge is 0.311 e. The lowest BCUT2D eigenvalue weighted by molar-refractivity contribution is -0.114. The van der Waals surface area contributed by atoms with Crippen molar-refractivity contribution in [2.75, 3.05) is 5.32 Å². The van der Waals surface area contributed by atoms with E-state index in [-0.39, 0.29) is 5.91 Å². The van der Waals surface area contributed by atoms with Crippen molar-refractivity contribution in [2.24, 2.45) is 0 Å². The molecule has 1 N–H and O–H groups in total. The molecule has 0 fully saturated rings. The van der Waals surface area contributed by atoms with Crippen LogP contribution >= 0.6 is 0 Å². The number of hydrogen-bond acceptors (Lipinski definition) is 3. The third-order valence-electron chi connectivity index (χ3n) is 3.24. The maximum absolute atomic E-state index is 11.6. The molecular formula is C14H15N3O2S. The highest BCUT2D eigenvalue weighted by molar-refractivity contribution is 7.83. The number of benzene rings is 1. The Labute approximate surface area is 119 Å². The van der Waals surface area contributed by atoms with Crippen LogP contribution in [-0.4, -0.2) is 19.9 Å². The topological polar surface area (TPSA) is 64.0 Å². The first-order valence-electron chi connectivity index (χ1n) is 6.35. The van der Waals surface area contributed by atoms with Gasteiger partial charge in [0.15, 0.2) is 0 Å². The molecule has 6 heteroatoms. The summed E-state index contributed by atoms with van der Waals surface area (Å²) in [6.07, 6.45) is 0. The Hall–Kier alpha value is -1.95. The molecule has 1 aliphatic rings. The Bertz CT molecular complexity index is 704. The van der Waals surface area contributed by atoms with Crippen LogP contribution in [0.3, 0.4) is 0 Å². The van der Waals surface area contributed by atoms with E-state index in [1.165, 1.54) is 6.92 Å². The molecule has 2 heterocycles. The minimum absolute atomic E-state index is 0.154. The fraction of sp³-hybridized carbons (Fsp3) is 0.286. The Morgan fingerprint density at radius 3 is 2.65 bits per heavy atom. The molecule has 1 atom stereocenters. The Kier molecular flexibility index (Phi) is 3.17. The summed E-state index contributed by atoms with van der Waals surface area (Å²) in [5.74, 6) is 1.40. The van der Waals surface area contributed by atoms with Crippen molar-refractivity contribution < 1.29 is 9.00 Å². The zero-order chi connectivity index (χ0) is 14.3. The van der Waals surface area contributed by atoms with E-state index in [2.05, 4.69) is 10.4 Å². The van der Waals surface area contributed by atoms with Crippen LogP contribution in [0.4, 0.5) is 5.82 Å². The van der Waals surface area contributed by atoms with Crippen LogP contribution < -0.4 is 5.32 Å². The first kappa shape index (κ1) is 13.1. The van der Waals surface area contributed by atoms with E-state index in [1.54, 1.807) is 4.68 Å². The van der Waals surface area contributed by atoms with Gasteiger partial charge in [-0.05, 0) is 19.1 Å². The van der Waals surface area contributed by atoms with Crippen LogP contribution in [0.5, 0.6) is 0 Å². The van der Waals surface area contributed by atoms with Gasteiger partial charge in [0.2, 0.25) is 5.91 Å². The number of carbonyl (C=O) groups excluding carboxylic acids is 1. The predicted molar refractivity (Wildman–Crippen MR) is 78.2 cm³/mol. The average Bonchev–Trinajstić information content (AvgIpc) is 2.88. The summed E-state index contributed by atoms with van der Waals surface area (Å²) in [5.41, 5.74) is 3.75. The lowest BCUT2D eigenvalue weighted by atomic mass is 10.2. The van der Waals surface area contributed by atoms with Gasteiger partial charge in [-0.25, -0.2) is 4.68 Å². The molecule has 0 unspecified atom stereocenters. The highest BCUT2D eigenvalue weighted by Crippen LogP contribution is 2.31. The van der Waals surface area contributed by atoms with Gasteiger partial charge in [0.1, 0.15) is 5.82 Å². The van der Waals surface area contributed by atoms with Gasteiger partial charge in [0.05, 0.1) is 22.9 Å². The molecule has 0 spiro atoms. The van der Waals surface area contributed by atoms with Crippen molar-refractivity contribution in [3.63, 3.8) is 0 Å². The number of aromatic nitrogens is 2. The Balaban J connectivity index is 2.11. The monoisotopic (exact) mass is 289 g/mol. The summed E-state index contributed by atoms with van der Waals surface area (Å²) in [6, 6.07) is 7.91. The van der Waals surface area contributed by atoms with E-state index < -0.39 is 10.8 Å². The number of carbonyl (C=O) groups is 1. The van der Waals surface area contributed by atoms with Gasteiger partial charge in [-0.1, -0.05) is 17.7 Å². The zero-order valence-electron chi connectivity index (χ0n) is 11.3. The average molecular weight is 289 g/mol. The number of nitrogens with zero attached hydrogens (tertiary/aromatic N) is 2. The van der Waals surface area contributed by atoms with Crippen LogP contribution in [0.25, 0.3) is 5.69 Å². The molecule has 1 aliphatic heterocycles. The van der Waals surface area contributed by atoms with Crippen molar-refractivity contribution >= 4 is 22.5 Å². The van der Waals surface area contributed by atoms with E-state index in [9.17, 15) is 9.00 Å². The third kappa shape index (κ3) is 2.27. The van der Waals surface area contributed by atoms with Crippen LogP contribution in [-0.2, 0) is 27.1 Å². The highest BCUT2D eigenvalue weighted by Gasteiger charge is 2.27. The minimum Gasteiger partial charge on any atom is -0.311 e. The first-order chi connectivity index (χ1) is 9.54. The first-order valence-corrected chi connectivity index (χ1v) is 7.84. The summed E-state index contributed by atoms with van der Waals surface area (Å²) < 4.78 is 13.4. The van der Waals surface area contributed by atoms with Crippen LogP contribution in [0.2, 0.25) is 0 Å². The normalized spacial score (nSPS) is 17.0. The van der Waals surface area contributed by atoms with E-state index >= 15 is 0 Å². The summed E-state index contributed by atoms with van der Waals surface area (Å²) in [6.45, 7) is 3.48.